The Hall–Kier alpha value is -1.10. The number of carbonyl (C=O) groups excluding carboxylic acids is 1. The minimum absolute atomic E-state index is 0.206. The standard InChI is InChI=1S/C13H24N2O3/c1-3-4-5-10(14)12(16)15-7-6-9(2)8-11(15)13(17)18/h9-11H,3-8,14H2,1-2H3,(H,17,18)/t9?,10-,11?/m0/s1. The van der Waals surface area contributed by atoms with Gasteiger partial charge in [0.15, 0.2) is 0 Å². The molecule has 1 fully saturated rings. The van der Waals surface area contributed by atoms with Gasteiger partial charge in [0, 0.05) is 6.54 Å². The largest absolute Gasteiger partial charge is 0.480 e. The van der Waals surface area contributed by atoms with Crippen molar-refractivity contribution in [2.75, 3.05) is 6.54 Å². The van der Waals surface area contributed by atoms with Gasteiger partial charge < -0.3 is 15.7 Å². The van der Waals surface area contributed by atoms with Crippen molar-refractivity contribution in [1.29, 1.82) is 0 Å². The lowest BCUT2D eigenvalue weighted by Gasteiger charge is -2.37. The molecule has 1 aliphatic heterocycles. The number of rotatable bonds is 5. The van der Waals surface area contributed by atoms with E-state index in [4.69, 9.17) is 5.73 Å². The highest BCUT2D eigenvalue weighted by Crippen LogP contribution is 2.23. The first-order valence-corrected chi connectivity index (χ1v) is 6.76. The van der Waals surface area contributed by atoms with E-state index in [-0.39, 0.29) is 5.91 Å². The topological polar surface area (TPSA) is 83.6 Å². The van der Waals surface area contributed by atoms with E-state index in [0.717, 1.165) is 19.3 Å². The summed E-state index contributed by atoms with van der Waals surface area (Å²) < 4.78 is 0. The summed E-state index contributed by atoms with van der Waals surface area (Å²) in [6.07, 6.45) is 3.90. The predicted molar refractivity (Wildman–Crippen MR) is 69.0 cm³/mol. The van der Waals surface area contributed by atoms with Crippen LogP contribution in [0.4, 0.5) is 0 Å². The summed E-state index contributed by atoms with van der Waals surface area (Å²) in [5.74, 6) is -0.776. The zero-order valence-corrected chi connectivity index (χ0v) is 11.3. The zero-order valence-electron chi connectivity index (χ0n) is 11.3. The third-order valence-corrected chi connectivity index (χ3v) is 3.62. The van der Waals surface area contributed by atoms with Crippen molar-refractivity contribution in [3.63, 3.8) is 0 Å². The fourth-order valence-corrected chi connectivity index (χ4v) is 2.40. The van der Waals surface area contributed by atoms with Gasteiger partial charge in [-0.1, -0.05) is 26.7 Å². The number of nitrogens with zero attached hydrogens (tertiary/aromatic N) is 1. The van der Waals surface area contributed by atoms with E-state index in [2.05, 4.69) is 0 Å². The van der Waals surface area contributed by atoms with Gasteiger partial charge >= 0.3 is 5.97 Å². The molecule has 0 bridgehead atoms. The molecule has 1 saturated heterocycles. The van der Waals surface area contributed by atoms with Crippen LogP contribution in [0.25, 0.3) is 0 Å². The van der Waals surface area contributed by atoms with E-state index < -0.39 is 18.1 Å². The lowest BCUT2D eigenvalue weighted by Crippen LogP contribution is -2.54. The van der Waals surface area contributed by atoms with Crippen LogP contribution in [0.2, 0.25) is 0 Å². The number of amides is 1. The Morgan fingerprint density at radius 2 is 2.17 bits per heavy atom. The molecule has 5 heteroatoms. The molecular weight excluding hydrogens is 232 g/mol. The van der Waals surface area contributed by atoms with Gasteiger partial charge in [-0.25, -0.2) is 4.79 Å². The van der Waals surface area contributed by atoms with Gasteiger partial charge in [0.1, 0.15) is 6.04 Å². The van der Waals surface area contributed by atoms with Crippen LogP contribution in [0.1, 0.15) is 46.0 Å². The number of hydrogen-bond donors (Lipinski definition) is 2. The van der Waals surface area contributed by atoms with Crippen LogP contribution in [0.15, 0.2) is 0 Å². The van der Waals surface area contributed by atoms with E-state index in [9.17, 15) is 14.7 Å². The molecule has 0 aromatic heterocycles. The monoisotopic (exact) mass is 256 g/mol. The maximum Gasteiger partial charge on any atom is 0.326 e. The first-order chi connectivity index (χ1) is 8.47. The summed E-state index contributed by atoms with van der Waals surface area (Å²) in [6, 6.07) is -1.26. The van der Waals surface area contributed by atoms with E-state index in [0.29, 0.717) is 25.3 Å². The molecule has 1 rings (SSSR count). The Balaban J connectivity index is 2.66. The Morgan fingerprint density at radius 3 is 2.72 bits per heavy atom. The van der Waals surface area contributed by atoms with Crippen LogP contribution in [0, 0.1) is 5.92 Å². The molecule has 5 nitrogen and oxygen atoms in total. The number of piperidine rings is 1. The van der Waals surface area contributed by atoms with Gasteiger partial charge in [0.2, 0.25) is 5.91 Å². The average molecular weight is 256 g/mol. The number of nitrogens with two attached hydrogens (primary N) is 1. The third-order valence-electron chi connectivity index (χ3n) is 3.62. The van der Waals surface area contributed by atoms with Gasteiger partial charge in [-0.15, -0.1) is 0 Å². The molecule has 104 valence electrons. The molecule has 0 saturated carbocycles. The molecule has 1 aliphatic rings. The summed E-state index contributed by atoms with van der Waals surface area (Å²) in [4.78, 5) is 24.8. The van der Waals surface area contributed by atoms with Crippen LogP contribution >= 0.6 is 0 Å². The van der Waals surface area contributed by atoms with Crippen molar-refractivity contribution >= 4 is 11.9 Å². The van der Waals surface area contributed by atoms with E-state index in [1.807, 2.05) is 13.8 Å². The highest BCUT2D eigenvalue weighted by molar-refractivity contribution is 5.87. The van der Waals surface area contributed by atoms with Gasteiger partial charge in [0.25, 0.3) is 0 Å². The zero-order chi connectivity index (χ0) is 13.7. The van der Waals surface area contributed by atoms with Crippen molar-refractivity contribution < 1.29 is 14.7 Å². The van der Waals surface area contributed by atoms with Crippen molar-refractivity contribution in [3.05, 3.63) is 0 Å². The molecule has 2 unspecified atom stereocenters. The molecule has 1 amide bonds. The van der Waals surface area contributed by atoms with Crippen LogP contribution in [-0.4, -0.2) is 40.5 Å². The summed E-state index contributed by atoms with van der Waals surface area (Å²) in [6.45, 7) is 4.57. The fourth-order valence-electron chi connectivity index (χ4n) is 2.40. The van der Waals surface area contributed by atoms with Crippen molar-refractivity contribution in [2.24, 2.45) is 11.7 Å². The van der Waals surface area contributed by atoms with Crippen molar-refractivity contribution in [2.45, 2.75) is 58.0 Å². The number of likely N-dealkylation sites (tertiary alicyclic amines) is 1. The minimum Gasteiger partial charge on any atom is -0.480 e. The Bertz CT molecular complexity index is 307. The highest BCUT2D eigenvalue weighted by Gasteiger charge is 2.36. The number of carboxylic acid groups (broad SMARTS) is 1. The van der Waals surface area contributed by atoms with Crippen LogP contribution in [0.3, 0.4) is 0 Å². The lowest BCUT2D eigenvalue weighted by atomic mass is 9.91. The lowest BCUT2D eigenvalue weighted by molar-refractivity contribution is -0.153. The third kappa shape index (κ3) is 3.70. The summed E-state index contributed by atoms with van der Waals surface area (Å²) in [5.41, 5.74) is 5.85. The van der Waals surface area contributed by atoms with E-state index in [1.54, 1.807) is 0 Å². The molecule has 3 atom stereocenters. The first kappa shape index (κ1) is 15.0. The summed E-state index contributed by atoms with van der Waals surface area (Å²) in [5, 5.41) is 9.20. The van der Waals surface area contributed by atoms with E-state index >= 15 is 0 Å². The maximum atomic E-state index is 12.2. The molecule has 3 N–H and O–H groups in total. The second kappa shape index (κ2) is 6.73. The smallest absolute Gasteiger partial charge is 0.326 e. The van der Waals surface area contributed by atoms with E-state index in [1.165, 1.54) is 4.90 Å². The Kier molecular flexibility index (Phi) is 5.59. The highest BCUT2D eigenvalue weighted by atomic mass is 16.4. The Labute approximate surface area is 108 Å². The molecule has 0 spiro atoms. The van der Waals surface area contributed by atoms with Crippen LogP contribution < -0.4 is 5.73 Å². The number of aliphatic carboxylic acids is 1. The first-order valence-electron chi connectivity index (χ1n) is 6.76. The molecule has 0 aromatic rings. The number of carboxylic acids is 1. The molecule has 18 heavy (non-hydrogen) atoms. The average Bonchev–Trinajstić information content (AvgIpc) is 2.34. The number of hydrogen-bond acceptors (Lipinski definition) is 3. The molecule has 0 aromatic carbocycles. The normalized spacial score (nSPS) is 25.8. The quantitative estimate of drug-likeness (QED) is 0.774. The van der Waals surface area contributed by atoms with Crippen LogP contribution in [-0.2, 0) is 9.59 Å². The number of unbranched alkanes of at least 4 members (excludes halogenated alkanes) is 1. The van der Waals surface area contributed by atoms with Crippen molar-refractivity contribution in [3.8, 4) is 0 Å². The maximum absolute atomic E-state index is 12.2. The van der Waals surface area contributed by atoms with Crippen molar-refractivity contribution in [1.82, 2.24) is 4.90 Å². The van der Waals surface area contributed by atoms with Gasteiger partial charge in [0.05, 0.1) is 6.04 Å². The van der Waals surface area contributed by atoms with Crippen LogP contribution in [0.5, 0.6) is 0 Å². The van der Waals surface area contributed by atoms with Gasteiger partial charge in [-0.3, -0.25) is 4.79 Å². The molecule has 0 aliphatic carbocycles. The molecule has 0 radical (unpaired) electrons. The SMILES string of the molecule is CCCC[C@H](N)C(=O)N1CCC(C)CC1C(=O)O. The number of carbonyl (C=O) groups is 2. The molecule has 1 heterocycles. The minimum atomic E-state index is -0.919. The fraction of sp³-hybridized carbons (Fsp3) is 0.846. The van der Waals surface area contributed by atoms with Gasteiger partial charge in [-0.2, -0.15) is 0 Å². The second-order valence-corrected chi connectivity index (χ2v) is 5.26. The molecular formula is C13H24N2O3. The predicted octanol–water partition coefficient (Wildman–Crippen LogP) is 1.22. The second-order valence-electron chi connectivity index (χ2n) is 5.26. The van der Waals surface area contributed by atoms with Gasteiger partial charge in [-0.05, 0) is 25.2 Å². The summed E-state index contributed by atoms with van der Waals surface area (Å²) >= 11 is 0. The summed E-state index contributed by atoms with van der Waals surface area (Å²) in [7, 11) is 0. The Morgan fingerprint density at radius 1 is 1.50 bits per heavy atom.